The summed E-state index contributed by atoms with van der Waals surface area (Å²) in [5.74, 6) is -1.27. The maximum atomic E-state index is 10.5. The van der Waals surface area contributed by atoms with Crippen molar-refractivity contribution in [1.29, 1.82) is 0 Å². The van der Waals surface area contributed by atoms with E-state index in [9.17, 15) is 9.59 Å². The van der Waals surface area contributed by atoms with Gasteiger partial charge >= 0.3 is 5.97 Å². The first-order valence-electron chi connectivity index (χ1n) is 6.24. The monoisotopic (exact) mass is 267 g/mol. The summed E-state index contributed by atoms with van der Waals surface area (Å²) in [7, 11) is 1.66. The summed E-state index contributed by atoms with van der Waals surface area (Å²) in [4.78, 5) is 20.7. The second-order valence-corrected chi connectivity index (χ2v) is 3.49. The Hall–Kier alpha value is -2.04. The van der Waals surface area contributed by atoms with E-state index in [1.165, 1.54) is 0 Å². The standard InChI is InChI=1S/C7H8O.C5H7NO3.C2H6/c1-8-7-5-3-2-4-6-7;7-4-3(5(8)9)1-2-6-4;1-2/h2-6H,1H3;3H,1-2H2,(H,6,7)(H,8,9);1-2H3. The van der Waals surface area contributed by atoms with Crippen molar-refractivity contribution in [3.63, 3.8) is 0 Å². The molecule has 106 valence electrons. The molecule has 1 amide bonds. The van der Waals surface area contributed by atoms with Crippen LogP contribution >= 0.6 is 0 Å². The average molecular weight is 267 g/mol. The number of nitrogens with one attached hydrogen (secondary N) is 1. The predicted octanol–water partition coefficient (Wildman–Crippen LogP) is 1.93. The van der Waals surface area contributed by atoms with Crippen LogP contribution in [0.2, 0.25) is 0 Å². The summed E-state index contributed by atoms with van der Waals surface area (Å²) in [6.07, 6.45) is 0.425. The van der Waals surface area contributed by atoms with Crippen molar-refractivity contribution in [3.05, 3.63) is 30.3 Å². The first-order valence-corrected chi connectivity index (χ1v) is 6.24. The lowest BCUT2D eigenvalue weighted by Crippen LogP contribution is -2.24. The number of para-hydroxylation sites is 1. The van der Waals surface area contributed by atoms with Crippen molar-refractivity contribution in [3.8, 4) is 5.75 Å². The van der Waals surface area contributed by atoms with E-state index in [0.717, 1.165) is 5.75 Å². The third-order valence-corrected chi connectivity index (χ3v) is 2.33. The molecule has 1 aromatic carbocycles. The van der Waals surface area contributed by atoms with Crippen LogP contribution in [0.1, 0.15) is 20.3 Å². The third kappa shape index (κ3) is 6.45. The zero-order valence-corrected chi connectivity index (χ0v) is 11.6. The fourth-order valence-electron chi connectivity index (χ4n) is 1.39. The molecule has 5 nitrogen and oxygen atoms in total. The van der Waals surface area contributed by atoms with Crippen molar-refractivity contribution in [2.45, 2.75) is 20.3 Å². The Morgan fingerprint density at radius 3 is 2.16 bits per heavy atom. The molecular formula is C14H21NO4. The van der Waals surface area contributed by atoms with Crippen LogP contribution < -0.4 is 10.1 Å². The van der Waals surface area contributed by atoms with Crippen LogP contribution in [0.4, 0.5) is 0 Å². The topological polar surface area (TPSA) is 75.6 Å². The summed E-state index contributed by atoms with van der Waals surface area (Å²) in [6, 6.07) is 9.68. The van der Waals surface area contributed by atoms with Gasteiger partial charge in [-0.1, -0.05) is 32.0 Å². The molecule has 1 fully saturated rings. The maximum Gasteiger partial charge on any atom is 0.316 e. The first kappa shape index (κ1) is 17.0. The van der Waals surface area contributed by atoms with E-state index in [1.807, 2.05) is 44.2 Å². The molecule has 2 N–H and O–H groups in total. The molecule has 19 heavy (non-hydrogen) atoms. The number of carboxylic acids is 1. The van der Waals surface area contributed by atoms with Crippen molar-refractivity contribution < 1.29 is 19.4 Å². The summed E-state index contributed by atoms with van der Waals surface area (Å²) in [5.41, 5.74) is 0. The minimum atomic E-state index is -1.02. The Morgan fingerprint density at radius 1 is 1.32 bits per heavy atom. The van der Waals surface area contributed by atoms with Crippen molar-refractivity contribution >= 4 is 11.9 Å². The minimum Gasteiger partial charge on any atom is -0.497 e. The fraction of sp³-hybridized carbons (Fsp3) is 0.429. The zero-order valence-electron chi connectivity index (χ0n) is 11.6. The number of carbonyl (C=O) groups is 2. The lowest BCUT2D eigenvalue weighted by molar-refractivity contribution is -0.145. The van der Waals surface area contributed by atoms with E-state index in [2.05, 4.69) is 5.32 Å². The van der Waals surface area contributed by atoms with Crippen molar-refractivity contribution in [1.82, 2.24) is 5.32 Å². The van der Waals surface area contributed by atoms with E-state index >= 15 is 0 Å². The van der Waals surface area contributed by atoms with E-state index in [4.69, 9.17) is 9.84 Å². The SMILES string of the molecule is CC.COc1ccccc1.O=C(O)C1CCNC1=O. The van der Waals surface area contributed by atoms with Gasteiger partial charge in [0, 0.05) is 6.54 Å². The molecule has 0 saturated carbocycles. The van der Waals surface area contributed by atoms with Gasteiger partial charge in [-0.25, -0.2) is 0 Å². The number of ether oxygens (including phenoxy) is 1. The second kappa shape index (κ2) is 9.94. The number of aliphatic carboxylic acids is 1. The molecule has 0 aromatic heterocycles. The number of benzene rings is 1. The smallest absolute Gasteiger partial charge is 0.316 e. The second-order valence-electron chi connectivity index (χ2n) is 3.49. The number of carboxylic acid groups (broad SMARTS) is 1. The molecule has 0 radical (unpaired) electrons. The summed E-state index contributed by atoms with van der Waals surface area (Å²) in [6.45, 7) is 4.50. The number of carbonyl (C=O) groups excluding carboxylic acids is 1. The van der Waals surface area contributed by atoms with Crippen LogP contribution in [0, 0.1) is 5.92 Å². The molecule has 1 saturated heterocycles. The fourth-order valence-corrected chi connectivity index (χ4v) is 1.39. The van der Waals surface area contributed by atoms with Gasteiger partial charge in [-0.05, 0) is 18.6 Å². The van der Waals surface area contributed by atoms with E-state index in [0.29, 0.717) is 13.0 Å². The van der Waals surface area contributed by atoms with Gasteiger partial charge < -0.3 is 15.2 Å². The average Bonchev–Trinajstić information content (AvgIpc) is 2.89. The van der Waals surface area contributed by atoms with Crippen molar-refractivity contribution in [2.75, 3.05) is 13.7 Å². The largest absolute Gasteiger partial charge is 0.497 e. The van der Waals surface area contributed by atoms with Crippen LogP contribution in [0.3, 0.4) is 0 Å². The summed E-state index contributed by atoms with van der Waals surface area (Å²) in [5, 5.41) is 10.8. The number of rotatable bonds is 2. The molecule has 1 aliphatic rings. The van der Waals surface area contributed by atoms with E-state index in [1.54, 1.807) is 7.11 Å². The lowest BCUT2D eigenvalue weighted by Gasteiger charge is -1.95. The highest BCUT2D eigenvalue weighted by Crippen LogP contribution is 2.08. The maximum absolute atomic E-state index is 10.5. The Labute approximate surface area is 113 Å². The summed E-state index contributed by atoms with van der Waals surface area (Å²) >= 11 is 0. The number of hydrogen-bond donors (Lipinski definition) is 2. The van der Waals surface area contributed by atoms with Gasteiger partial charge in [0.25, 0.3) is 0 Å². The van der Waals surface area contributed by atoms with Crippen LogP contribution in [0.5, 0.6) is 5.75 Å². The Balaban J connectivity index is 0.000000303. The molecule has 5 heteroatoms. The van der Waals surface area contributed by atoms with Crippen molar-refractivity contribution in [2.24, 2.45) is 5.92 Å². The number of amides is 1. The highest BCUT2D eigenvalue weighted by Gasteiger charge is 2.30. The van der Waals surface area contributed by atoms with Gasteiger partial charge in [-0.3, -0.25) is 9.59 Å². The molecule has 0 aliphatic carbocycles. The molecule has 1 aliphatic heterocycles. The highest BCUT2D eigenvalue weighted by atomic mass is 16.5. The van der Waals surface area contributed by atoms with E-state index < -0.39 is 11.9 Å². The number of hydrogen-bond acceptors (Lipinski definition) is 3. The van der Waals surface area contributed by atoms with E-state index in [-0.39, 0.29) is 5.91 Å². The van der Waals surface area contributed by atoms with Gasteiger partial charge in [0.15, 0.2) is 0 Å². The van der Waals surface area contributed by atoms with Gasteiger partial charge in [-0.2, -0.15) is 0 Å². The molecule has 0 bridgehead atoms. The number of methoxy groups -OCH3 is 1. The Kier molecular flexibility index (Phi) is 8.87. The third-order valence-electron chi connectivity index (χ3n) is 2.33. The molecule has 1 heterocycles. The quantitative estimate of drug-likeness (QED) is 0.803. The zero-order chi connectivity index (χ0) is 14.7. The van der Waals surface area contributed by atoms with Crippen LogP contribution in [0.15, 0.2) is 30.3 Å². The first-order chi connectivity index (χ1) is 9.15. The summed E-state index contributed by atoms with van der Waals surface area (Å²) < 4.78 is 4.91. The van der Waals surface area contributed by atoms with Gasteiger partial charge in [0.1, 0.15) is 11.7 Å². The molecule has 1 unspecified atom stereocenters. The molecule has 1 aromatic rings. The molecule has 2 rings (SSSR count). The Bertz CT molecular complexity index is 378. The highest BCUT2D eigenvalue weighted by molar-refractivity contribution is 5.98. The normalized spacial score (nSPS) is 16.2. The van der Waals surface area contributed by atoms with Gasteiger partial charge in [0.2, 0.25) is 5.91 Å². The minimum absolute atomic E-state index is 0.359. The molecule has 0 spiro atoms. The predicted molar refractivity (Wildman–Crippen MR) is 73.1 cm³/mol. The van der Waals surface area contributed by atoms with Crippen LogP contribution in [-0.2, 0) is 9.59 Å². The molecular weight excluding hydrogens is 246 g/mol. The van der Waals surface area contributed by atoms with Crippen LogP contribution in [-0.4, -0.2) is 30.6 Å². The molecule has 1 atom stereocenters. The van der Waals surface area contributed by atoms with Gasteiger partial charge in [-0.15, -0.1) is 0 Å². The van der Waals surface area contributed by atoms with Gasteiger partial charge in [0.05, 0.1) is 7.11 Å². The Morgan fingerprint density at radius 2 is 1.89 bits per heavy atom. The van der Waals surface area contributed by atoms with Crippen LogP contribution in [0.25, 0.3) is 0 Å². The lowest BCUT2D eigenvalue weighted by atomic mass is 10.1.